The fraction of sp³-hybridized carbons (Fsp3) is 0.567. The standard InChI is InChI=1S/C30H36F4N4O/c1-37-19-25-24(8-9-26(31)29(25)36-37)28(39)18-21-4-2-20(3-5-21)11-15-38-16-12-22-6-7-23(10-14-30(32,33)34)35-27(22)13-17-38/h6-9,19-21H,2-5,10-18H2,1H3. The Bertz CT molecular complexity index is 1310. The van der Waals surface area contributed by atoms with Gasteiger partial charge in [0.25, 0.3) is 0 Å². The summed E-state index contributed by atoms with van der Waals surface area (Å²) < 4.78 is 53.4. The summed E-state index contributed by atoms with van der Waals surface area (Å²) in [5, 5.41) is 4.74. The van der Waals surface area contributed by atoms with Crippen LogP contribution in [0.5, 0.6) is 0 Å². The molecule has 0 saturated heterocycles. The number of alkyl halides is 3. The second-order valence-corrected chi connectivity index (χ2v) is 11.3. The molecule has 0 radical (unpaired) electrons. The Hall–Kier alpha value is -2.81. The molecule has 0 bridgehead atoms. The number of hydrogen-bond acceptors (Lipinski definition) is 4. The van der Waals surface area contributed by atoms with Crippen molar-refractivity contribution in [2.45, 2.75) is 70.4 Å². The van der Waals surface area contributed by atoms with Crippen LogP contribution in [0.3, 0.4) is 0 Å². The Morgan fingerprint density at radius 2 is 1.77 bits per heavy atom. The molecular weight excluding hydrogens is 508 g/mol. The van der Waals surface area contributed by atoms with Gasteiger partial charge in [0.2, 0.25) is 0 Å². The zero-order valence-electron chi connectivity index (χ0n) is 22.4. The molecule has 5 rings (SSSR count). The van der Waals surface area contributed by atoms with Gasteiger partial charge in [-0.15, -0.1) is 0 Å². The van der Waals surface area contributed by atoms with Gasteiger partial charge >= 0.3 is 6.18 Å². The van der Waals surface area contributed by atoms with E-state index < -0.39 is 18.4 Å². The number of hydrogen-bond donors (Lipinski definition) is 0. The van der Waals surface area contributed by atoms with E-state index in [-0.39, 0.29) is 17.7 Å². The number of carbonyl (C=O) groups is 1. The minimum Gasteiger partial charge on any atom is -0.303 e. The van der Waals surface area contributed by atoms with Crippen molar-refractivity contribution in [3.63, 3.8) is 0 Å². The Kier molecular flexibility index (Phi) is 8.35. The Morgan fingerprint density at radius 3 is 2.54 bits per heavy atom. The number of aryl methyl sites for hydroxylation is 2. The second kappa shape index (κ2) is 11.7. The van der Waals surface area contributed by atoms with Gasteiger partial charge in [0.05, 0.1) is 0 Å². The number of nitrogens with zero attached hydrogens (tertiary/aromatic N) is 4. The van der Waals surface area contributed by atoms with Gasteiger partial charge in [0, 0.05) is 67.9 Å². The van der Waals surface area contributed by atoms with E-state index in [0.717, 1.165) is 75.8 Å². The van der Waals surface area contributed by atoms with Crippen LogP contribution in [0.1, 0.15) is 72.3 Å². The molecule has 210 valence electrons. The highest BCUT2D eigenvalue weighted by atomic mass is 19.4. The van der Waals surface area contributed by atoms with E-state index in [0.29, 0.717) is 34.9 Å². The van der Waals surface area contributed by atoms with Gasteiger partial charge in [-0.1, -0.05) is 18.9 Å². The minimum absolute atomic E-state index is 0.0630. The van der Waals surface area contributed by atoms with E-state index in [1.807, 2.05) is 6.07 Å². The quantitative estimate of drug-likeness (QED) is 0.241. The first-order valence-electron chi connectivity index (χ1n) is 14.1. The molecule has 5 nitrogen and oxygen atoms in total. The maximum atomic E-state index is 14.1. The normalized spacial score (nSPS) is 20.6. The van der Waals surface area contributed by atoms with Crippen LogP contribution in [0.25, 0.3) is 10.9 Å². The molecular formula is C30H36F4N4O. The highest BCUT2D eigenvalue weighted by molar-refractivity contribution is 6.07. The van der Waals surface area contributed by atoms with Crippen molar-refractivity contribution < 1.29 is 22.4 Å². The van der Waals surface area contributed by atoms with Crippen LogP contribution in [0.15, 0.2) is 30.5 Å². The van der Waals surface area contributed by atoms with Crippen molar-refractivity contribution in [1.29, 1.82) is 0 Å². The van der Waals surface area contributed by atoms with E-state index in [9.17, 15) is 22.4 Å². The van der Waals surface area contributed by atoms with Crippen molar-refractivity contribution in [3.8, 4) is 0 Å². The monoisotopic (exact) mass is 544 g/mol. The molecule has 2 aromatic heterocycles. The van der Waals surface area contributed by atoms with E-state index >= 15 is 0 Å². The first-order chi connectivity index (χ1) is 18.6. The number of Topliss-reactive ketones (excluding diaryl/α,β-unsaturated/α-hetero) is 1. The van der Waals surface area contributed by atoms with Gasteiger partial charge in [-0.25, -0.2) is 4.39 Å². The van der Waals surface area contributed by atoms with Crippen molar-refractivity contribution in [2.24, 2.45) is 18.9 Å². The second-order valence-electron chi connectivity index (χ2n) is 11.3. The SMILES string of the molecule is Cn1cc2c(C(=O)CC3CCC(CCN4CCc5ccc(CCC(F)(F)F)nc5CC4)CC3)ccc(F)c2n1. The maximum Gasteiger partial charge on any atom is 0.389 e. The van der Waals surface area contributed by atoms with Crippen molar-refractivity contribution >= 4 is 16.7 Å². The topological polar surface area (TPSA) is 51.0 Å². The molecule has 0 N–H and O–H groups in total. The average molecular weight is 545 g/mol. The van der Waals surface area contributed by atoms with E-state index in [1.54, 1.807) is 30.1 Å². The highest BCUT2D eigenvalue weighted by Gasteiger charge is 2.28. The summed E-state index contributed by atoms with van der Waals surface area (Å²) in [5.74, 6) is 0.661. The van der Waals surface area contributed by atoms with Gasteiger partial charge in [-0.2, -0.15) is 18.3 Å². The van der Waals surface area contributed by atoms with Crippen LogP contribution in [0, 0.1) is 17.7 Å². The summed E-state index contributed by atoms with van der Waals surface area (Å²) in [6.45, 7) is 2.84. The fourth-order valence-electron chi connectivity index (χ4n) is 6.20. The number of benzene rings is 1. The zero-order valence-corrected chi connectivity index (χ0v) is 22.4. The molecule has 1 aliphatic heterocycles. The van der Waals surface area contributed by atoms with E-state index in [4.69, 9.17) is 0 Å². The van der Waals surface area contributed by atoms with Crippen LogP contribution in [-0.2, 0) is 26.3 Å². The molecule has 39 heavy (non-hydrogen) atoms. The summed E-state index contributed by atoms with van der Waals surface area (Å²) in [5.41, 5.74) is 3.45. The lowest BCUT2D eigenvalue weighted by atomic mass is 9.78. The predicted octanol–water partition coefficient (Wildman–Crippen LogP) is 6.47. The summed E-state index contributed by atoms with van der Waals surface area (Å²) in [6, 6.07) is 6.64. The third-order valence-electron chi connectivity index (χ3n) is 8.49. The van der Waals surface area contributed by atoms with Gasteiger partial charge in [-0.05, 0) is 74.2 Å². The first kappa shape index (κ1) is 27.7. The molecule has 1 saturated carbocycles. The first-order valence-corrected chi connectivity index (χ1v) is 14.1. The van der Waals surface area contributed by atoms with Crippen LogP contribution in [0.2, 0.25) is 0 Å². The molecule has 3 aromatic rings. The number of aromatic nitrogens is 3. The minimum atomic E-state index is -4.16. The third-order valence-corrected chi connectivity index (χ3v) is 8.49. The van der Waals surface area contributed by atoms with Crippen LogP contribution >= 0.6 is 0 Å². The average Bonchev–Trinajstić information content (AvgIpc) is 3.18. The number of carbonyl (C=O) groups excluding carboxylic acids is 1. The number of rotatable bonds is 8. The van der Waals surface area contributed by atoms with E-state index in [2.05, 4.69) is 15.0 Å². The zero-order chi connectivity index (χ0) is 27.6. The summed E-state index contributed by atoms with van der Waals surface area (Å²) >= 11 is 0. The van der Waals surface area contributed by atoms with Crippen LogP contribution in [-0.4, -0.2) is 51.3 Å². The molecule has 9 heteroatoms. The summed E-state index contributed by atoms with van der Waals surface area (Å²) in [6.07, 6.45) is 4.22. The lowest BCUT2D eigenvalue weighted by molar-refractivity contribution is -0.134. The maximum absolute atomic E-state index is 14.1. The number of fused-ring (bicyclic) bond motifs is 2. The molecule has 2 aliphatic rings. The number of ketones is 1. The molecule has 1 aromatic carbocycles. The summed E-state index contributed by atoms with van der Waals surface area (Å²) in [4.78, 5) is 20.1. The largest absolute Gasteiger partial charge is 0.389 e. The Labute approximate surface area is 226 Å². The lowest BCUT2D eigenvalue weighted by Crippen LogP contribution is -2.29. The van der Waals surface area contributed by atoms with Gasteiger partial charge < -0.3 is 4.90 Å². The Morgan fingerprint density at radius 1 is 1.03 bits per heavy atom. The lowest BCUT2D eigenvalue weighted by Gasteiger charge is -2.30. The summed E-state index contributed by atoms with van der Waals surface area (Å²) in [7, 11) is 1.73. The molecule has 0 amide bonds. The van der Waals surface area contributed by atoms with E-state index in [1.165, 1.54) is 6.07 Å². The predicted molar refractivity (Wildman–Crippen MR) is 142 cm³/mol. The molecule has 0 spiro atoms. The van der Waals surface area contributed by atoms with Crippen LogP contribution in [0.4, 0.5) is 17.6 Å². The van der Waals surface area contributed by atoms with Gasteiger partial charge in [-0.3, -0.25) is 14.5 Å². The molecule has 0 unspecified atom stereocenters. The van der Waals surface area contributed by atoms with Crippen molar-refractivity contribution in [2.75, 3.05) is 19.6 Å². The molecule has 1 aliphatic carbocycles. The van der Waals surface area contributed by atoms with Crippen LogP contribution < -0.4 is 0 Å². The van der Waals surface area contributed by atoms with Crippen molar-refractivity contribution in [3.05, 3.63) is 58.8 Å². The smallest absolute Gasteiger partial charge is 0.303 e. The Balaban J connectivity index is 1.06. The highest BCUT2D eigenvalue weighted by Crippen LogP contribution is 2.34. The number of halogens is 4. The third kappa shape index (κ3) is 7.04. The van der Waals surface area contributed by atoms with Gasteiger partial charge in [0.1, 0.15) is 5.52 Å². The molecule has 0 atom stereocenters. The number of pyridine rings is 1. The van der Waals surface area contributed by atoms with Gasteiger partial charge in [0.15, 0.2) is 11.6 Å². The fourth-order valence-corrected chi connectivity index (χ4v) is 6.20. The molecule has 1 fully saturated rings. The molecule has 3 heterocycles. The van der Waals surface area contributed by atoms with Crippen molar-refractivity contribution in [1.82, 2.24) is 19.7 Å².